The smallest absolute Gasteiger partial charge is 0.127 e. The maximum absolute atomic E-state index is 6.35. The van der Waals surface area contributed by atoms with Crippen molar-refractivity contribution in [2.75, 3.05) is 0 Å². The fraction of sp³-hybridized carbons (Fsp3) is 0.538. The topological polar surface area (TPSA) is 25.8 Å². The first-order chi connectivity index (χ1) is 8.00. The lowest BCUT2D eigenvalue weighted by molar-refractivity contribution is 0.592. The van der Waals surface area contributed by atoms with Crippen LogP contribution >= 0.6 is 22.9 Å². The highest BCUT2D eigenvalue weighted by molar-refractivity contribution is 7.18. The Bertz CT molecular complexity index is 533. The van der Waals surface area contributed by atoms with E-state index in [0.29, 0.717) is 5.92 Å². The maximum atomic E-state index is 6.35. The van der Waals surface area contributed by atoms with E-state index in [2.05, 4.69) is 37.7 Å². The number of rotatable bonds is 3. The quantitative estimate of drug-likeness (QED) is 0.783. The molecule has 2 heterocycles. The molecular weight excluding hydrogens is 252 g/mol. The van der Waals surface area contributed by atoms with Gasteiger partial charge in [-0.2, -0.15) is 0 Å². The number of fused-ring (bicyclic) bond motifs is 1. The molecule has 17 heavy (non-hydrogen) atoms. The molecule has 1 atom stereocenters. The van der Waals surface area contributed by atoms with E-state index in [9.17, 15) is 0 Å². The first-order valence-corrected chi connectivity index (χ1v) is 7.09. The van der Waals surface area contributed by atoms with Crippen LogP contribution in [0.25, 0.3) is 10.2 Å². The molecule has 2 aromatic rings. The second kappa shape index (κ2) is 4.91. The van der Waals surface area contributed by atoms with Gasteiger partial charge in [0.15, 0.2) is 0 Å². The largest absolute Gasteiger partial charge is 0.241 e. The van der Waals surface area contributed by atoms with Crippen LogP contribution in [-0.4, -0.2) is 15.3 Å². The van der Waals surface area contributed by atoms with Gasteiger partial charge in [-0.25, -0.2) is 9.97 Å². The van der Waals surface area contributed by atoms with Crippen molar-refractivity contribution in [3.63, 3.8) is 0 Å². The summed E-state index contributed by atoms with van der Waals surface area (Å²) < 4.78 is 0. The highest BCUT2D eigenvalue weighted by atomic mass is 35.5. The zero-order chi connectivity index (χ0) is 12.6. The molecular formula is C13H17ClN2S. The number of aryl methyl sites for hydroxylation is 2. The Labute approximate surface area is 111 Å². The highest BCUT2D eigenvalue weighted by Crippen LogP contribution is 2.31. The van der Waals surface area contributed by atoms with Gasteiger partial charge in [-0.05, 0) is 25.3 Å². The Hall–Kier alpha value is -0.670. The van der Waals surface area contributed by atoms with Crippen molar-refractivity contribution in [1.82, 2.24) is 9.97 Å². The molecule has 0 amide bonds. The summed E-state index contributed by atoms with van der Waals surface area (Å²) in [6, 6.07) is 0. The maximum Gasteiger partial charge on any atom is 0.127 e. The van der Waals surface area contributed by atoms with Crippen LogP contribution in [0.3, 0.4) is 0 Å². The number of thiophene rings is 1. The van der Waals surface area contributed by atoms with Crippen molar-refractivity contribution >= 4 is 33.2 Å². The van der Waals surface area contributed by atoms with Gasteiger partial charge in [0, 0.05) is 22.1 Å². The molecule has 4 heteroatoms. The fourth-order valence-corrected chi connectivity index (χ4v) is 2.99. The summed E-state index contributed by atoms with van der Waals surface area (Å²) in [6.45, 7) is 8.55. The number of alkyl halides is 1. The van der Waals surface area contributed by atoms with E-state index in [-0.39, 0.29) is 5.38 Å². The van der Waals surface area contributed by atoms with Gasteiger partial charge in [-0.15, -0.1) is 22.9 Å². The van der Waals surface area contributed by atoms with Crippen LogP contribution in [0, 0.1) is 19.8 Å². The van der Waals surface area contributed by atoms with Crippen LogP contribution in [0.2, 0.25) is 0 Å². The second-order valence-corrected chi connectivity index (χ2v) is 6.51. The Kier molecular flexibility index (Phi) is 3.69. The molecule has 0 radical (unpaired) electrons. The molecule has 0 aliphatic carbocycles. The van der Waals surface area contributed by atoms with Crippen molar-refractivity contribution in [2.45, 2.75) is 39.5 Å². The molecule has 0 aliphatic heterocycles. The predicted octanol–water partition coefficient (Wildman–Crippen LogP) is 4.11. The monoisotopic (exact) mass is 268 g/mol. The van der Waals surface area contributed by atoms with Crippen LogP contribution < -0.4 is 0 Å². The lowest BCUT2D eigenvalue weighted by Gasteiger charge is -2.13. The number of nitrogens with zero attached hydrogens (tertiary/aromatic N) is 2. The summed E-state index contributed by atoms with van der Waals surface area (Å²) in [7, 11) is 0. The molecule has 1 unspecified atom stereocenters. The van der Waals surface area contributed by atoms with E-state index >= 15 is 0 Å². The summed E-state index contributed by atoms with van der Waals surface area (Å²) in [5, 5.41) is 1.34. The van der Waals surface area contributed by atoms with Crippen molar-refractivity contribution in [1.29, 1.82) is 0 Å². The summed E-state index contributed by atoms with van der Waals surface area (Å²) in [5.41, 5.74) is 2.39. The Morgan fingerprint density at radius 1 is 1.29 bits per heavy atom. The number of halogens is 1. The van der Waals surface area contributed by atoms with Gasteiger partial charge in [-0.1, -0.05) is 13.8 Å². The van der Waals surface area contributed by atoms with Crippen molar-refractivity contribution in [2.24, 2.45) is 5.92 Å². The minimum Gasteiger partial charge on any atom is -0.241 e. The number of hydrogen-bond donors (Lipinski definition) is 0. The van der Waals surface area contributed by atoms with Gasteiger partial charge in [-0.3, -0.25) is 0 Å². The molecule has 0 aromatic carbocycles. The normalized spacial score (nSPS) is 13.5. The van der Waals surface area contributed by atoms with Gasteiger partial charge >= 0.3 is 0 Å². The summed E-state index contributed by atoms with van der Waals surface area (Å²) in [6.07, 6.45) is 2.46. The molecule has 0 aliphatic rings. The molecule has 0 spiro atoms. The van der Waals surface area contributed by atoms with Crippen molar-refractivity contribution in [3.05, 3.63) is 22.5 Å². The minimum atomic E-state index is 0.132. The fourth-order valence-electron chi connectivity index (χ4n) is 1.83. The van der Waals surface area contributed by atoms with Crippen LogP contribution in [0.4, 0.5) is 0 Å². The highest BCUT2D eigenvalue weighted by Gasteiger charge is 2.16. The number of hydrogen-bond acceptors (Lipinski definition) is 3. The molecule has 2 rings (SSSR count). The third kappa shape index (κ3) is 2.45. The first-order valence-electron chi connectivity index (χ1n) is 5.84. The zero-order valence-electron chi connectivity index (χ0n) is 10.6. The van der Waals surface area contributed by atoms with Gasteiger partial charge < -0.3 is 0 Å². The Morgan fingerprint density at radius 3 is 2.65 bits per heavy atom. The lowest BCUT2D eigenvalue weighted by atomic mass is 10.0. The molecule has 92 valence electrons. The zero-order valence-corrected chi connectivity index (χ0v) is 12.2. The molecule has 0 N–H and O–H groups in total. The van der Waals surface area contributed by atoms with E-state index in [4.69, 9.17) is 11.6 Å². The summed E-state index contributed by atoms with van der Waals surface area (Å²) >= 11 is 8.09. The second-order valence-electron chi connectivity index (χ2n) is 4.75. The molecule has 0 fully saturated rings. The van der Waals surface area contributed by atoms with Crippen LogP contribution in [0.1, 0.15) is 30.0 Å². The SMILES string of the molecule is Cc1sc2ncnc(CC(Cl)C(C)C)c2c1C. The predicted molar refractivity (Wildman–Crippen MR) is 75.1 cm³/mol. The Morgan fingerprint density at radius 2 is 2.00 bits per heavy atom. The summed E-state index contributed by atoms with van der Waals surface area (Å²) in [5.74, 6) is 0.460. The lowest BCUT2D eigenvalue weighted by Crippen LogP contribution is -2.12. The minimum absolute atomic E-state index is 0.132. The van der Waals surface area contributed by atoms with E-state index in [1.54, 1.807) is 17.7 Å². The van der Waals surface area contributed by atoms with E-state index < -0.39 is 0 Å². The molecule has 2 aromatic heterocycles. The molecule has 2 nitrogen and oxygen atoms in total. The average Bonchev–Trinajstić information content (AvgIpc) is 2.56. The van der Waals surface area contributed by atoms with E-state index in [1.165, 1.54) is 15.8 Å². The van der Waals surface area contributed by atoms with Crippen LogP contribution in [-0.2, 0) is 6.42 Å². The van der Waals surface area contributed by atoms with Gasteiger partial charge in [0.2, 0.25) is 0 Å². The first kappa shape index (κ1) is 12.8. The molecule has 0 saturated heterocycles. The van der Waals surface area contributed by atoms with Gasteiger partial charge in [0.25, 0.3) is 0 Å². The van der Waals surface area contributed by atoms with Crippen LogP contribution in [0.5, 0.6) is 0 Å². The number of aromatic nitrogens is 2. The molecule has 0 bridgehead atoms. The third-order valence-corrected chi connectivity index (χ3v) is 4.93. The van der Waals surface area contributed by atoms with Gasteiger partial charge in [0.1, 0.15) is 11.2 Å². The standard InChI is InChI=1S/C13H17ClN2S/c1-7(2)10(14)5-11-12-8(3)9(4)17-13(12)16-6-15-11/h6-7,10H,5H2,1-4H3. The third-order valence-electron chi connectivity index (χ3n) is 3.16. The van der Waals surface area contributed by atoms with E-state index in [0.717, 1.165) is 16.9 Å². The van der Waals surface area contributed by atoms with Gasteiger partial charge in [0.05, 0.1) is 5.69 Å². The summed E-state index contributed by atoms with van der Waals surface area (Å²) in [4.78, 5) is 11.2. The molecule has 0 saturated carbocycles. The van der Waals surface area contributed by atoms with Crippen LogP contribution in [0.15, 0.2) is 6.33 Å². The van der Waals surface area contributed by atoms with E-state index in [1.807, 2.05) is 0 Å². The van der Waals surface area contributed by atoms with Crippen molar-refractivity contribution < 1.29 is 0 Å². The van der Waals surface area contributed by atoms with Crippen molar-refractivity contribution in [3.8, 4) is 0 Å². The average molecular weight is 269 g/mol. The Balaban J connectivity index is 2.47.